The molecule has 4 nitrogen and oxygen atoms in total. The molecule has 1 aromatic heterocycles. The predicted octanol–water partition coefficient (Wildman–Crippen LogP) is 2.18. The maximum Gasteiger partial charge on any atom is 0.107 e. The number of hydrogen-bond donors (Lipinski definition) is 0. The van der Waals surface area contributed by atoms with Crippen LogP contribution in [0.15, 0.2) is 0 Å². The molecule has 0 N–H and O–H groups in total. The summed E-state index contributed by atoms with van der Waals surface area (Å²) in [5, 5.41) is 10.4. The highest BCUT2D eigenvalue weighted by molar-refractivity contribution is 7.11. The summed E-state index contributed by atoms with van der Waals surface area (Å²) in [4.78, 5) is 10.6. The minimum absolute atomic E-state index is 0.347. The Morgan fingerprint density at radius 1 is 1.26 bits per heavy atom. The lowest BCUT2D eigenvalue weighted by atomic mass is 10.0. The van der Waals surface area contributed by atoms with Crippen molar-refractivity contribution in [3.63, 3.8) is 0 Å². The van der Waals surface area contributed by atoms with Crippen molar-refractivity contribution < 1.29 is 0 Å². The smallest absolute Gasteiger partial charge is 0.107 e. The number of nitrogens with zero attached hydrogens (tertiary/aromatic N) is 4. The number of piperazine rings is 1. The number of nitriles is 1. The van der Waals surface area contributed by atoms with Gasteiger partial charge >= 0.3 is 0 Å². The van der Waals surface area contributed by atoms with E-state index in [0.717, 1.165) is 38.4 Å². The minimum Gasteiger partial charge on any atom is -0.294 e. The van der Waals surface area contributed by atoms with Crippen molar-refractivity contribution in [2.24, 2.45) is 0 Å². The van der Waals surface area contributed by atoms with Gasteiger partial charge in [0.25, 0.3) is 0 Å². The number of aromatic nitrogens is 1. The van der Waals surface area contributed by atoms with E-state index in [1.165, 1.54) is 9.88 Å². The lowest BCUT2D eigenvalue weighted by Crippen LogP contribution is -2.53. The topological polar surface area (TPSA) is 43.2 Å². The lowest BCUT2D eigenvalue weighted by Gasteiger charge is -2.40. The van der Waals surface area contributed by atoms with Gasteiger partial charge in [0.2, 0.25) is 0 Å². The van der Waals surface area contributed by atoms with E-state index in [0.29, 0.717) is 0 Å². The Balaban J connectivity index is 1.89. The van der Waals surface area contributed by atoms with Crippen molar-refractivity contribution in [1.82, 2.24) is 14.8 Å². The van der Waals surface area contributed by atoms with E-state index in [1.807, 2.05) is 13.8 Å². The molecule has 0 aromatic carbocycles. The minimum atomic E-state index is -0.347. The van der Waals surface area contributed by atoms with Gasteiger partial charge in [-0.3, -0.25) is 9.80 Å². The van der Waals surface area contributed by atoms with E-state index < -0.39 is 0 Å². The number of rotatable bonds is 3. The van der Waals surface area contributed by atoms with Crippen LogP contribution < -0.4 is 0 Å². The first-order chi connectivity index (χ1) is 8.92. The molecule has 19 heavy (non-hydrogen) atoms. The molecule has 2 rings (SSSR count). The molecule has 104 valence electrons. The van der Waals surface area contributed by atoms with Crippen molar-refractivity contribution in [2.75, 3.05) is 26.2 Å². The summed E-state index contributed by atoms with van der Waals surface area (Å²) in [5.74, 6) is 0. The van der Waals surface area contributed by atoms with E-state index in [2.05, 4.69) is 34.7 Å². The van der Waals surface area contributed by atoms with Gasteiger partial charge in [-0.1, -0.05) is 0 Å². The zero-order valence-electron chi connectivity index (χ0n) is 12.2. The Morgan fingerprint density at radius 3 is 2.37 bits per heavy atom. The van der Waals surface area contributed by atoms with Crippen LogP contribution >= 0.6 is 11.3 Å². The fourth-order valence-corrected chi connectivity index (χ4v) is 3.31. The molecule has 0 bridgehead atoms. The van der Waals surface area contributed by atoms with Gasteiger partial charge in [-0.05, 0) is 27.7 Å². The molecule has 0 amide bonds. The molecule has 1 aliphatic rings. The fraction of sp³-hybridized carbons (Fsp3) is 0.714. The first-order valence-electron chi connectivity index (χ1n) is 6.74. The second-order valence-electron chi connectivity index (χ2n) is 5.68. The van der Waals surface area contributed by atoms with Crippen LogP contribution in [-0.4, -0.2) is 46.5 Å². The largest absolute Gasteiger partial charge is 0.294 e. The van der Waals surface area contributed by atoms with E-state index in [1.54, 1.807) is 11.3 Å². The predicted molar refractivity (Wildman–Crippen MR) is 78.1 cm³/mol. The van der Waals surface area contributed by atoms with Gasteiger partial charge in [0.1, 0.15) is 10.5 Å². The number of thiazole rings is 1. The maximum absolute atomic E-state index is 9.17. The third-order valence-corrected chi connectivity index (χ3v) is 4.93. The molecule has 0 atom stereocenters. The Hall–Kier alpha value is -0.960. The lowest BCUT2D eigenvalue weighted by molar-refractivity contribution is 0.0763. The Kier molecular flexibility index (Phi) is 4.24. The highest BCUT2D eigenvalue weighted by atomic mass is 32.1. The Bertz CT molecular complexity index is 459. The zero-order valence-corrected chi connectivity index (χ0v) is 13.0. The quantitative estimate of drug-likeness (QED) is 0.850. The van der Waals surface area contributed by atoms with E-state index in [-0.39, 0.29) is 5.54 Å². The summed E-state index contributed by atoms with van der Waals surface area (Å²) in [5.41, 5.74) is 0.810. The molecule has 1 saturated heterocycles. The normalized spacial score (nSPS) is 18.5. The third kappa shape index (κ3) is 3.33. The SMILES string of the molecule is Cc1nc(CN2CCN(C(C)(C)C#N)CC2)sc1C. The monoisotopic (exact) mass is 278 g/mol. The van der Waals surface area contributed by atoms with Crippen LogP contribution in [-0.2, 0) is 6.54 Å². The van der Waals surface area contributed by atoms with Crippen molar-refractivity contribution in [3.8, 4) is 6.07 Å². The first kappa shape index (κ1) is 14.4. The van der Waals surface area contributed by atoms with Crippen LogP contribution in [0.4, 0.5) is 0 Å². The van der Waals surface area contributed by atoms with Crippen LogP contribution in [0.2, 0.25) is 0 Å². The van der Waals surface area contributed by atoms with Gasteiger partial charge < -0.3 is 0 Å². The second-order valence-corrected chi connectivity index (χ2v) is 6.97. The molecule has 0 saturated carbocycles. The molecular formula is C14H22N4S. The van der Waals surface area contributed by atoms with Gasteiger partial charge in [-0.25, -0.2) is 4.98 Å². The summed E-state index contributed by atoms with van der Waals surface area (Å²) in [7, 11) is 0. The molecule has 2 heterocycles. The average molecular weight is 278 g/mol. The molecular weight excluding hydrogens is 256 g/mol. The molecule has 1 aromatic rings. The summed E-state index contributed by atoms with van der Waals surface area (Å²) in [6.07, 6.45) is 0. The molecule has 1 aliphatic heterocycles. The van der Waals surface area contributed by atoms with Gasteiger partial charge in [-0.15, -0.1) is 11.3 Å². The van der Waals surface area contributed by atoms with Crippen molar-refractivity contribution in [3.05, 3.63) is 15.6 Å². The van der Waals surface area contributed by atoms with Gasteiger partial charge in [-0.2, -0.15) is 5.26 Å². The summed E-state index contributed by atoms with van der Waals surface area (Å²) >= 11 is 1.80. The molecule has 0 unspecified atom stereocenters. The summed E-state index contributed by atoms with van der Waals surface area (Å²) < 4.78 is 0. The van der Waals surface area contributed by atoms with Crippen LogP contribution in [0.5, 0.6) is 0 Å². The standard InChI is InChI=1S/C14H22N4S/c1-11-12(2)19-13(16-11)9-17-5-7-18(8-6-17)14(3,4)10-15/h5-9H2,1-4H3. The third-order valence-electron chi connectivity index (χ3n) is 3.87. The van der Waals surface area contributed by atoms with E-state index in [4.69, 9.17) is 5.26 Å². The maximum atomic E-state index is 9.17. The Labute approximate surface area is 119 Å². The highest BCUT2D eigenvalue weighted by Gasteiger charge is 2.29. The van der Waals surface area contributed by atoms with Crippen LogP contribution in [0, 0.1) is 25.2 Å². The van der Waals surface area contributed by atoms with E-state index in [9.17, 15) is 0 Å². The van der Waals surface area contributed by atoms with Crippen LogP contribution in [0.25, 0.3) is 0 Å². The average Bonchev–Trinajstić information content (AvgIpc) is 2.69. The first-order valence-corrected chi connectivity index (χ1v) is 7.55. The molecule has 0 aliphatic carbocycles. The van der Waals surface area contributed by atoms with Crippen molar-refractivity contribution >= 4 is 11.3 Å². The second kappa shape index (κ2) is 5.58. The molecule has 0 radical (unpaired) electrons. The summed E-state index contributed by atoms with van der Waals surface area (Å²) in [6.45, 7) is 13.1. The zero-order chi connectivity index (χ0) is 14.0. The highest BCUT2D eigenvalue weighted by Crippen LogP contribution is 2.20. The molecule has 1 fully saturated rings. The van der Waals surface area contributed by atoms with E-state index >= 15 is 0 Å². The van der Waals surface area contributed by atoms with Crippen LogP contribution in [0.1, 0.15) is 29.4 Å². The van der Waals surface area contributed by atoms with Gasteiger partial charge in [0.15, 0.2) is 0 Å². The summed E-state index contributed by atoms with van der Waals surface area (Å²) in [6, 6.07) is 2.38. The number of aryl methyl sites for hydroxylation is 2. The van der Waals surface area contributed by atoms with Crippen molar-refractivity contribution in [1.29, 1.82) is 5.26 Å². The van der Waals surface area contributed by atoms with Gasteiger partial charge in [0, 0.05) is 31.1 Å². The molecule has 0 spiro atoms. The van der Waals surface area contributed by atoms with Crippen LogP contribution in [0.3, 0.4) is 0 Å². The number of hydrogen-bond acceptors (Lipinski definition) is 5. The van der Waals surface area contributed by atoms with Crippen molar-refractivity contribution in [2.45, 2.75) is 39.8 Å². The Morgan fingerprint density at radius 2 is 1.89 bits per heavy atom. The van der Waals surface area contributed by atoms with Gasteiger partial charge in [0.05, 0.1) is 18.3 Å². The fourth-order valence-electron chi connectivity index (χ4n) is 2.33. The molecule has 5 heteroatoms.